The van der Waals surface area contributed by atoms with Crippen molar-refractivity contribution < 1.29 is 32.5 Å². The van der Waals surface area contributed by atoms with Gasteiger partial charge in [-0.1, -0.05) is 19.9 Å². The Morgan fingerprint density at radius 2 is 2.00 bits per heavy atom. The molecule has 2 aromatic heterocycles. The molecule has 0 radical (unpaired) electrons. The highest BCUT2D eigenvalue weighted by Gasteiger charge is 2.49. The number of esters is 1. The molecule has 12 heteroatoms. The number of phenols is 1. The molecule has 3 saturated heterocycles. The number of carbonyl (C=O) groups is 1. The molecular formula is C35H38F3N5O4. The molecule has 2 aromatic carbocycles. The number of alkyl halides is 1. The minimum Gasteiger partial charge on any atom is -0.508 e. The molecule has 5 heterocycles. The molecule has 3 aliphatic heterocycles. The standard InChI is InChI=1S/C35H38F3N5O4/c1-4-23-27(37)7-6-20-12-22(44)13-25(28(20)23)30-29(38)31-26(15-39-30)32(42-11-8-24(19(2)16-42)33(45)46-3)41-34(40-31)47-18-35-9-5-10-43(35)17-21(36)14-35/h6-7,12-13,15,19,21,24,44H,4-5,8-11,14,16-18H2,1-3H3/t19-,21+,24+,35-/m0/s1. The van der Waals surface area contributed by atoms with E-state index in [-0.39, 0.29) is 52.9 Å². The molecule has 0 spiro atoms. The van der Waals surface area contributed by atoms with Gasteiger partial charge in [0.15, 0.2) is 5.82 Å². The third-order valence-electron chi connectivity index (χ3n) is 10.3. The van der Waals surface area contributed by atoms with Gasteiger partial charge in [0.05, 0.1) is 24.0 Å². The molecule has 0 unspecified atom stereocenters. The largest absolute Gasteiger partial charge is 0.508 e. The fourth-order valence-electron chi connectivity index (χ4n) is 8.03. The number of carbonyl (C=O) groups excluding carboxylic acids is 1. The van der Waals surface area contributed by atoms with E-state index < -0.39 is 23.3 Å². The molecular weight excluding hydrogens is 611 g/mol. The molecule has 0 amide bonds. The Bertz CT molecular complexity index is 1880. The number of benzene rings is 2. The maximum atomic E-state index is 16.9. The van der Waals surface area contributed by atoms with Crippen LogP contribution in [0.25, 0.3) is 32.9 Å². The molecule has 47 heavy (non-hydrogen) atoms. The number of aromatic nitrogens is 3. The van der Waals surface area contributed by atoms with Crippen molar-refractivity contribution in [1.82, 2.24) is 19.9 Å². The van der Waals surface area contributed by atoms with Gasteiger partial charge in [0.25, 0.3) is 0 Å². The van der Waals surface area contributed by atoms with Gasteiger partial charge in [0, 0.05) is 37.8 Å². The average molecular weight is 650 g/mol. The summed E-state index contributed by atoms with van der Waals surface area (Å²) in [5.74, 6) is -1.52. The van der Waals surface area contributed by atoms with Crippen LogP contribution in [0.3, 0.4) is 0 Å². The third kappa shape index (κ3) is 5.40. The molecule has 3 aliphatic rings. The second-order valence-electron chi connectivity index (χ2n) is 13.2. The van der Waals surface area contributed by atoms with Crippen molar-refractivity contribution in [2.45, 2.75) is 57.7 Å². The van der Waals surface area contributed by atoms with E-state index in [1.807, 2.05) is 18.7 Å². The number of fused-ring (bicyclic) bond motifs is 3. The number of methoxy groups -OCH3 is 1. The average Bonchev–Trinajstić information content (AvgIpc) is 3.59. The molecule has 3 fully saturated rings. The van der Waals surface area contributed by atoms with Crippen LogP contribution in [0.2, 0.25) is 0 Å². The van der Waals surface area contributed by atoms with Gasteiger partial charge in [-0.3, -0.25) is 14.7 Å². The second kappa shape index (κ2) is 12.1. The van der Waals surface area contributed by atoms with Crippen molar-refractivity contribution in [2.75, 3.05) is 44.8 Å². The number of piperidine rings is 1. The fourth-order valence-corrected chi connectivity index (χ4v) is 8.03. The Labute approximate surface area is 270 Å². The van der Waals surface area contributed by atoms with Crippen LogP contribution in [-0.4, -0.2) is 82.5 Å². The van der Waals surface area contributed by atoms with E-state index in [0.717, 1.165) is 19.4 Å². The first kappa shape index (κ1) is 31.4. The Kier molecular flexibility index (Phi) is 8.10. The van der Waals surface area contributed by atoms with E-state index in [9.17, 15) is 18.7 Å². The van der Waals surface area contributed by atoms with Gasteiger partial charge in [0.1, 0.15) is 41.4 Å². The zero-order valence-corrected chi connectivity index (χ0v) is 26.7. The highest BCUT2D eigenvalue weighted by atomic mass is 19.1. The minimum atomic E-state index is -0.939. The van der Waals surface area contributed by atoms with Crippen molar-refractivity contribution in [3.63, 3.8) is 0 Å². The van der Waals surface area contributed by atoms with Crippen LogP contribution in [0.15, 0.2) is 30.5 Å². The summed E-state index contributed by atoms with van der Waals surface area (Å²) in [4.78, 5) is 30.3. The monoisotopic (exact) mass is 649 g/mol. The molecule has 4 atom stereocenters. The number of aromatic hydroxyl groups is 1. The Morgan fingerprint density at radius 1 is 1.17 bits per heavy atom. The molecule has 0 aliphatic carbocycles. The van der Waals surface area contributed by atoms with Gasteiger partial charge < -0.3 is 19.5 Å². The quantitative estimate of drug-likeness (QED) is 0.242. The number of halogens is 3. The predicted molar refractivity (Wildman–Crippen MR) is 171 cm³/mol. The van der Waals surface area contributed by atoms with Crippen LogP contribution in [0, 0.1) is 23.5 Å². The van der Waals surface area contributed by atoms with Gasteiger partial charge in [-0.2, -0.15) is 9.97 Å². The van der Waals surface area contributed by atoms with E-state index >= 15 is 4.39 Å². The number of rotatable bonds is 7. The van der Waals surface area contributed by atoms with Crippen LogP contribution in [0.5, 0.6) is 11.8 Å². The van der Waals surface area contributed by atoms with Crippen molar-refractivity contribution in [3.8, 4) is 23.0 Å². The number of nitrogens with zero attached hydrogens (tertiary/aromatic N) is 5. The smallest absolute Gasteiger partial charge is 0.319 e. The summed E-state index contributed by atoms with van der Waals surface area (Å²) in [6.45, 7) is 6.00. The lowest BCUT2D eigenvalue weighted by Gasteiger charge is -2.36. The molecule has 9 nitrogen and oxygen atoms in total. The summed E-state index contributed by atoms with van der Waals surface area (Å²) in [5.41, 5.74) is 0.0277. The number of phenolic OH excluding ortho intramolecular Hbond substituents is 1. The number of aryl methyl sites for hydroxylation is 1. The van der Waals surface area contributed by atoms with E-state index in [1.165, 1.54) is 31.5 Å². The summed E-state index contributed by atoms with van der Waals surface area (Å²) in [6.07, 6.45) is 3.50. The third-order valence-corrected chi connectivity index (χ3v) is 10.3. The zero-order chi connectivity index (χ0) is 33.0. The van der Waals surface area contributed by atoms with Crippen molar-refractivity contribution >= 4 is 33.5 Å². The van der Waals surface area contributed by atoms with Crippen LogP contribution in [0.1, 0.15) is 45.1 Å². The number of hydrogen-bond donors (Lipinski definition) is 1. The lowest BCUT2D eigenvalue weighted by molar-refractivity contribution is -0.147. The first-order chi connectivity index (χ1) is 22.6. The molecule has 1 N–H and O–H groups in total. The Hall–Kier alpha value is -4.19. The topological polar surface area (TPSA) is 101 Å². The minimum absolute atomic E-state index is 0.0424. The predicted octanol–water partition coefficient (Wildman–Crippen LogP) is 5.98. The maximum Gasteiger partial charge on any atom is 0.319 e. The summed E-state index contributed by atoms with van der Waals surface area (Å²) >= 11 is 0. The summed E-state index contributed by atoms with van der Waals surface area (Å²) < 4.78 is 57.5. The first-order valence-corrected chi connectivity index (χ1v) is 16.3. The molecule has 7 rings (SSSR count). The fraction of sp³-hybridized carbons (Fsp3) is 0.486. The van der Waals surface area contributed by atoms with Crippen molar-refractivity contribution in [1.29, 1.82) is 0 Å². The number of anilines is 1. The van der Waals surface area contributed by atoms with Gasteiger partial charge in [-0.15, -0.1) is 0 Å². The van der Waals surface area contributed by atoms with Crippen LogP contribution >= 0.6 is 0 Å². The highest BCUT2D eigenvalue weighted by molar-refractivity contribution is 6.01. The van der Waals surface area contributed by atoms with Crippen LogP contribution < -0.4 is 9.64 Å². The van der Waals surface area contributed by atoms with Crippen molar-refractivity contribution in [2.24, 2.45) is 11.8 Å². The summed E-state index contributed by atoms with van der Waals surface area (Å²) in [7, 11) is 1.38. The zero-order valence-electron chi connectivity index (χ0n) is 26.7. The maximum absolute atomic E-state index is 16.9. The molecule has 4 aromatic rings. The van der Waals surface area contributed by atoms with Crippen LogP contribution in [0.4, 0.5) is 19.0 Å². The SMILES string of the molecule is CCc1c(F)ccc2cc(O)cc(-c3ncc4c(N5CC[C@@H](C(=O)OC)[C@@H](C)C5)nc(OC[C@@]56CCCN5C[C@H](F)C6)nc4c3F)c12. The number of ether oxygens (including phenoxy) is 2. The molecule has 248 valence electrons. The number of hydrogen-bond acceptors (Lipinski definition) is 9. The van der Waals surface area contributed by atoms with E-state index in [1.54, 1.807) is 6.07 Å². The summed E-state index contributed by atoms with van der Waals surface area (Å²) in [5, 5.41) is 11.9. The van der Waals surface area contributed by atoms with E-state index in [4.69, 9.17) is 14.5 Å². The first-order valence-electron chi connectivity index (χ1n) is 16.3. The van der Waals surface area contributed by atoms with Crippen molar-refractivity contribution in [3.05, 3.63) is 47.7 Å². The van der Waals surface area contributed by atoms with Gasteiger partial charge in [-0.25, -0.2) is 13.2 Å². The Balaban J connectivity index is 1.35. The lowest BCUT2D eigenvalue weighted by Crippen LogP contribution is -2.44. The normalized spacial score (nSPS) is 24.6. The van der Waals surface area contributed by atoms with Gasteiger partial charge >= 0.3 is 12.0 Å². The van der Waals surface area contributed by atoms with E-state index in [2.05, 4.69) is 14.9 Å². The van der Waals surface area contributed by atoms with Gasteiger partial charge in [-0.05, 0) is 72.7 Å². The van der Waals surface area contributed by atoms with Crippen LogP contribution in [-0.2, 0) is 16.0 Å². The lowest BCUT2D eigenvalue weighted by atomic mass is 9.87. The molecule has 0 bridgehead atoms. The van der Waals surface area contributed by atoms with Gasteiger partial charge in [0.2, 0.25) is 0 Å². The number of pyridine rings is 1. The van der Waals surface area contributed by atoms with E-state index in [0.29, 0.717) is 66.4 Å². The second-order valence-corrected chi connectivity index (χ2v) is 13.2. The summed E-state index contributed by atoms with van der Waals surface area (Å²) in [6, 6.07) is 5.74. The Morgan fingerprint density at radius 3 is 2.77 bits per heavy atom. The highest BCUT2D eigenvalue weighted by Crippen LogP contribution is 2.42. The molecule has 0 saturated carbocycles.